The molecule has 0 aromatic rings. The van der Waals surface area contributed by atoms with Gasteiger partial charge in [-0.05, 0) is 19.8 Å². The van der Waals surface area contributed by atoms with Crippen LogP contribution in [0.5, 0.6) is 0 Å². The Balaban J connectivity index is 0. The summed E-state index contributed by atoms with van der Waals surface area (Å²) in [5, 5.41) is 7.89. The Bertz CT molecular complexity index is 442. The number of esters is 1. The van der Waals surface area contributed by atoms with Gasteiger partial charge < -0.3 is 9.84 Å². The Hall–Kier alpha value is -1.58. The van der Waals surface area contributed by atoms with Crippen LogP contribution in [0.4, 0.5) is 0 Å². The molecule has 0 aliphatic rings. The zero-order valence-electron chi connectivity index (χ0n) is 20.1. The first kappa shape index (κ1) is 30.6. The lowest BCUT2D eigenvalue weighted by Crippen LogP contribution is -2.03. The van der Waals surface area contributed by atoms with Crippen molar-refractivity contribution < 1.29 is 19.4 Å². The Labute approximate surface area is 186 Å². The van der Waals surface area contributed by atoms with Gasteiger partial charge in [-0.3, -0.25) is 0 Å². The molecule has 0 heterocycles. The summed E-state index contributed by atoms with van der Waals surface area (Å²) in [6.07, 6.45) is 22.7. The van der Waals surface area contributed by atoms with Crippen LogP contribution in [0.25, 0.3) is 0 Å². The smallest absolute Gasteiger partial charge is 0.333 e. The highest BCUT2D eigenvalue weighted by Gasteiger charge is 2.05. The molecule has 0 aliphatic carbocycles. The van der Waals surface area contributed by atoms with E-state index in [2.05, 4.69) is 24.8 Å². The second kappa shape index (κ2) is 23.7. The van der Waals surface area contributed by atoms with E-state index in [1.165, 1.54) is 110 Å². The summed E-state index contributed by atoms with van der Waals surface area (Å²) in [6.45, 7) is 10.6. The summed E-state index contributed by atoms with van der Waals surface area (Å²) in [4.78, 5) is 20.8. The summed E-state index contributed by atoms with van der Waals surface area (Å²) in [6, 6.07) is 0. The number of unbranched alkanes of at least 4 members (excludes halogenated alkanes) is 15. The van der Waals surface area contributed by atoms with E-state index in [-0.39, 0.29) is 11.5 Å². The average Bonchev–Trinajstić information content (AvgIpc) is 2.72. The standard InChI is InChI=1S/C22H42O2.C4H6O2/c1-4-5-6-7-8-9-10-11-12-13-14-15-16-17-18-19-20-21(2)22(23)24-3;1-3(2)4(5)6/h2,4-20H2,1,3H3;1H2,2H3,(H,5,6). The molecule has 4 heteroatoms. The van der Waals surface area contributed by atoms with E-state index in [4.69, 9.17) is 5.11 Å². The van der Waals surface area contributed by atoms with Gasteiger partial charge in [-0.1, -0.05) is 116 Å². The van der Waals surface area contributed by atoms with Gasteiger partial charge in [0, 0.05) is 11.1 Å². The van der Waals surface area contributed by atoms with Gasteiger partial charge in [0.25, 0.3) is 0 Å². The summed E-state index contributed by atoms with van der Waals surface area (Å²) in [5.74, 6) is -1.19. The van der Waals surface area contributed by atoms with Gasteiger partial charge in [0.1, 0.15) is 0 Å². The van der Waals surface area contributed by atoms with Crippen LogP contribution in [-0.2, 0) is 14.3 Å². The molecule has 176 valence electrons. The van der Waals surface area contributed by atoms with Gasteiger partial charge >= 0.3 is 11.9 Å². The highest BCUT2D eigenvalue weighted by Crippen LogP contribution is 2.15. The minimum atomic E-state index is -0.935. The van der Waals surface area contributed by atoms with E-state index in [9.17, 15) is 9.59 Å². The minimum Gasteiger partial charge on any atom is -0.478 e. The van der Waals surface area contributed by atoms with Crippen molar-refractivity contribution in [3.8, 4) is 0 Å². The van der Waals surface area contributed by atoms with Crippen LogP contribution in [-0.4, -0.2) is 24.2 Å². The summed E-state index contributed by atoms with van der Waals surface area (Å²) >= 11 is 0. The van der Waals surface area contributed by atoms with Crippen molar-refractivity contribution in [2.75, 3.05) is 7.11 Å². The van der Waals surface area contributed by atoms with Crippen molar-refractivity contribution in [3.63, 3.8) is 0 Å². The third-order valence-electron chi connectivity index (χ3n) is 5.17. The third-order valence-corrected chi connectivity index (χ3v) is 5.17. The molecule has 4 nitrogen and oxygen atoms in total. The molecular formula is C26H48O4. The van der Waals surface area contributed by atoms with Gasteiger partial charge in [-0.15, -0.1) is 0 Å². The predicted molar refractivity (Wildman–Crippen MR) is 128 cm³/mol. The monoisotopic (exact) mass is 424 g/mol. The van der Waals surface area contributed by atoms with Gasteiger partial charge in [0.05, 0.1) is 7.11 Å². The molecule has 0 amide bonds. The molecule has 0 atom stereocenters. The number of hydrogen-bond acceptors (Lipinski definition) is 3. The van der Waals surface area contributed by atoms with Crippen molar-refractivity contribution in [3.05, 3.63) is 24.3 Å². The molecule has 0 spiro atoms. The number of carboxylic acids is 1. The fourth-order valence-electron chi connectivity index (χ4n) is 3.13. The second-order valence-corrected chi connectivity index (χ2v) is 8.23. The molecule has 0 radical (unpaired) electrons. The topological polar surface area (TPSA) is 63.6 Å². The zero-order valence-corrected chi connectivity index (χ0v) is 20.1. The van der Waals surface area contributed by atoms with Gasteiger partial charge in [-0.25, -0.2) is 9.59 Å². The Morgan fingerprint density at radius 3 is 1.27 bits per heavy atom. The molecule has 0 aromatic carbocycles. The second-order valence-electron chi connectivity index (χ2n) is 8.23. The molecular weight excluding hydrogens is 376 g/mol. The van der Waals surface area contributed by atoms with E-state index in [0.29, 0.717) is 5.57 Å². The Morgan fingerprint density at radius 1 is 0.700 bits per heavy atom. The number of carboxylic acid groups (broad SMARTS) is 1. The molecule has 0 fully saturated rings. The highest BCUT2D eigenvalue weighted by atomic mass is 16.5. The Morgan fingerprint density at radius 2 is 1.00 bits per heavy atom. The van der Waals surface area contributed by atoms with E-state index in [1.54, 1.807) is 0 Å². The number of hydrogen-bond donors (Lipinski definition) is 1. The van der Waals surface area contributed by atoms with Crippen LogP contribution in [0.2, 0.25) is 0 Å². The predicted octanol–water partition coefficient (Wildman–Crippen LogP) is 8.01. The van der Waals surface area contributed by atoms with Crippen molar-refractivity contribution in [1.29, 1.82) is 0 Å². The largest absolute Gasteiger partial charge is 0.478 e. The molecule has 0 rings (SSSR count). The lowest BCUT2D eigenvalue weighted by Gasteiger charge is -2.04. The average molecular weight is 425 g/mol. The normalized spacial score (nSPS) is 10.1. The van der Waals surface area contributed by atoms with Crippen molar-refractivity contribution in [2.45, 2.75) is 123 Å². The first-order valence-electron chi connectivity index (χ1n) is 12.0. The van der Waals surface area contributed by atoms with Gasteiger partial charge in [-0.2, -0.15) is 0 Å². The zero-order chi connectivity index (χ0) is 23.0. The van der Waals surface area contributed by atoms with Crippen LogP contribution >= 0.6 is 0 Å². The van der Waals surface area contributed by atoms with Crippen LogP contribution < -0.4 is 0 Å². The van der Waals surface area contributed by atoms with Crippen LogP contribution in [0, 0.1) is 0 Å². The van der Waals surface area contributed by atoms with Crippen LogP contribution in [0.1, 0.15) is 123 Å². The lowest BCUT2D eigenvalue weighted by molar-refractivity contribution is -0.136. The maximum Gasteiger partial charge on any atom is 0.333 e. The molecule has 0 aromatic heterocycles. The number of methoxy groups -OCH3 is 1. The lowest BCUT2D eigenvalue weighted by atomic mass is 10.0. The third kappa shape index (κ3) is 24.5. The molecule has 1 N–H and O–H groups in total. The van der Waals surface area contributed by atoms with Crippen molar-refractivity contribution >= 4 is 11.9 Å². The van der Waals surface area contributed by atoms with Gasteiger partial charge in [0.15, 0.2) is 0 Å². The molecule has 0 saturated heterocycles. The van der Waals surface area contributed by atoms with E-state index >= 15 is 0 Å². The summed E-state index contributed by atoms with van der Waals surface area (Å²) < 4.78 is 4.65. The van der Waals surface area contributed by atoms with Crippen molar-refractivity contribution in [2.24, 2.45) is 0 Å². The van der Waals surface area contributed by atoms with Gasteiger partial charge in [0.2, 0.25) is 0 Å². The maximum absolute atomic E-state index is 11.2. The minimum absolute atomic E-state index is 0.176. The maximum atomic E-state index is 11.2. The number of rotatable bonds is 19. The SMILES string of the molecule is C=C(C)C(=O)O.C=C(CCCCCCCCCCCCCCCCCC)C(=O)OC. The van der Waals surface area contributed by atoms with Crippen LogP contribution in [0.3, 0.4) is 0 Å². The first-order valence-corrected chi connectivity index (χ1v) is 12.0. The van der Waals surface area contributed by atoms with E-state index in [0.717, 1.165) is 12.8 Å². The first-order chi connectivity index (χ1) is 14.4. The highest BCUT2D eigenvalue weighted by molar-refractivity contribution is 5.87. The van der Waals surface area contributed by atoms with Crippen molar-refractivity contribution in [1.82, 2.24) is 0 Å². The number of ether oxygens (including phenoxy) is 1. The number of aliphatic carboxylic acids is 1. The quantitative estimate of drug-likeness (QED) is 0.129. The number of carbonyl (C=O) groups is 2. The molecule has 0 aliphatic heterocycles. The van der Waals surface area contributed by atoms with E-state index in [1.807, 2.05) is 0 Å². The molecule has 0 saturated carbocycles. The van der Waals surface area contributed by atoms with Crippen LogP contribution in [0.15, 0.2) is 24.3 Å². The Kier molecular flexibility index (Phi) is 24.2. The van der Waals surface area contributed by atoms with E-state index < -0.39 is 5.97 Å². The fourth-order valence-corrected chi connectivity index (χ4v) is 3.13. The molecule has 30 heavy (non-hydrogen) atoms. The molecule has 0 unspecified atom stereocenters. The fraction of sp³-hybridized carbons (Fsp3) is 0.769. The summed E-state index contributed by atoms with van der Waals surface area (Å²) in [7, 11) is 1.42. The molecule has 0 bridgehead atoms. The number of carbonyl (C=O) groups excluding carboxylic acids is 1. The summed E-state index contributed by atoms with van der Waals surface area (Å²) in [5.41, 5.74) is 0.790.